The predicted molar refractivity (Wildman–Crippen MR) is 125 cm³/mol. The van der Waals surface area contributed by atoms with Gasteiger partial charge in [0.25, 0.3) is 5.91 Å². The Balaban J connectivity index is 1.49. The lowest BCUT2D eigenvalue weighted by Gasteiger charge is -2.28. The van der Waals surface area contributed by atoms with Crippen molar-refractivity contribution >= 4 is 28.9 Å². The van der Waals surface area contributed by atoms with Crippen LogP contribution in [-0.4, -0.2) is 51.2 Å². The Morgan fingerprint density at radius 2 is 1.77 bits per heavy atom. The fraction of sp³-hybridized carbons (Fsp3) is 0.417. The average molecular weight is 425 g/mol. The fourth-order valence-corrected chi connectivity index (χ4v) is 3.36. The molecule has 1 saturated heterocycles. The fourth-order valence-electron chi connectivity index (χ4n) is 3.36. The molecule has 1 heterocycles. The summed E-state index contributed by atoms with van der Waals surface area (Å²) in [7, 11) is 0. The van der Waals surface area contributed by atoms with Gasteiger partial charge in [-0.05, 0) is 60.9 Å². The highest BCUT2D eigenvalue weighted by molar-refractivity contribution is 5.96. The van der Waals surface area contributed by atoms with Crippen molar-refractivity contribution in [1.82, 2.24) is 5.32 Å². The molecule has 0 atom stereocenters. The summed E-state index contributed by atoms with van der Waals surface area (Å²) in [5.74, 6) is 0.193. The maximum absolute atomic E-state index is 12.3. The predicted octanol–water partition coefficient (Wildman–Crippen LogP) is 3.27. The third-order valence-corrected chi connectivity index (χ3v) is 5.13. The number of ether oxygens (including phenoxy) is 1. The van der Waals surface area contributed by atoms with Crippen LogP contribution in [0.5, 0.6) is 0 Å². The standard InChI is InChI=1S/C24H32N4O3/c1-17(2)15-26-24(30)19-4-9-22(18(3)14-19)25-16-23(29)27-20-5-7-21(8-6-20)28-10-12-31-13-11-28/h4-9,14,17,25H,10-13,15-16H2,1-3H3,(H,26,30)(H,27,29). The number of carbonyl (C=O) groups is 2. The van der Waals surface area contributed by atoms with Gasteiger partial charge in [0.05, 0.1) is 19.8 Å². The topological polar surface area (TPSA) is 82.7 Å². The van der Waals surface area contributed by atoms with Gasteiger partial charge in [0.2, 0.25) is 5.91 Å². The molecule has 166 valence electrons. The number of hydrogen-bond donors (Lipinski definition) is 3. The highest BCUT2D eigenvalue weighted by atomic mass is 16.5. The second kappa shape index (κ2) is 10.8. The Morgan fingerprint density at radius 1 is 1.06 bits per heavy atom. The molecule has 0 saturated carbocycles. The maximum Gasteiger partial charge on any atom is 0.251 e. The summed E-state index contributed by atoms with van der Waals surface area (Å²) in [6.45, 7) is 10.1. The number of amides is 2. The van der Waals surface area contributed by atoms with Crippen LogP contribution in [0.3, 0.4) is 0 Å². The number of hydrogen-bond acceptors (Lipinski definition) is 5. The Kier molecular flexibility index (Phi) is 7.89. The molecule has 3 N–H and O–H groups in total. The van der Waals surface area contributed by atoms with E-state index in [1.165, 1.54) is 0 Å². The van der Waals surface area contributed by atoms with E-state index in [1.807, 2.05) is 43.3 Å². The lowest BCUT2D eigenvalue weighted by Crippen LogP contribution is -2.36. The molecule has 1 fully saturated rings. The molecule has 0 spiro atoms. The Labute approximate surface area is 184 Å². The number of nitrogens with zero attached hydrogens (tertiary/aromatic N) is 1. The number of aryl methyl sites for hydroxylation is 1. The number of benzene rings is 2. The summed E-state index contributed by atoms with van der Waals surface area (Å²) in [5, 5.41) is 8.97. The zero-order valence-corrected chi connectivity index (χ0v) is 18.5. The van der Waals surface area contributed by atoms with Gasteiger partial charge in [0, 0.05) is 42.3 Å². The number of anilines is 3. The minimum atomic E-state index is -0.128. The van der Waals surface area contributed by atoms with Crippen molar-refractivity contribution in [1.29, 1.82) is 0 Å². The lowest BCUT2D eigenvalue weighted by atomic mass is 10.1. The quantitative estimate of drug-likeness (QED) is 0.606. The van der Waals surface area contributed by atoms with Crippen LogP contribution in [0.15, 0.2) is 42.5 Å². The number of nitrogens with one attached hydrogen (secondary N) is 3. The molecule has 2 aromatic carbocycles. The van der Waals surface area contributed by atoms with Crippen LogP contribution in [0.1, 0.15) is 29.8 Å². The van der Waals surface area contributed by atoms with Crippen LogP contribution in [-0.2, 0) is 9.53 Å². The van der Waals surface area contributed by atoms with E-state index in [2.05, 4.69) is 34.7 Å². The smallest absolute Gasteiger partial charge is 0.251 e. The molecular weight excluding hydrogens is 392 g/mol. The summed E-state index contributed by atoms with van der Waals surface area (Å²) < 4.78 is 5.38. The van der Waals surface area contributed by atoms with E-state index >= 15 is 0 Å². The summed E-state index contributed by atoms with van der Waals surface area (Å²) in [4.78, 5) is 26.8. The van der Waals surface area contributed by atoms with E-state index in [0.717, 1.165) is 48.9 Å². The number of rotatable bonds is 8. The molecule has 0 unspecified atom stereocenters. The van der Waals surface area contributed by atoms with Crippen LogP contribution in [0.4, 0.5) is 17.1 Å². The maximum atomic E-state index is 12.3. The third kappa shape index (κ3) is 6.72. The van der Waals surface area contributed by atoms with Gasteiger partial charge in [-0.1, -0.05) is 13.8 Å². The van der Waals surface area contributed by atoms with Crippen molar-refractivity contribution in [3.8, 4) is 0 Å². The molecule has 0 aromatic heterocycles. The molecule has 1 aliphatic heterocycles. The van der Waals surface area contributed by atoms with Gasteiger partial charge in [-0.25, -0.2) is 0 Å². The van der Waals surface area contributed by atoms with Crippen molar-refractivity contribution in [3.05, 3.63) is 53.6 Å². The molecule has 0 bridgehead atoms. The largest absolute Gasteiger partial charge is 0.378 e. The van der Waals surface area contributed by atoms with Gasteiger partial charge < -0.3 is 25.6 Å². The number of morpholine rings is 1. The SMILES string of the molecule is Cc1cc(C(=O)NCC(C)C)ccc1NCC(=O)Nc1ccc(N2CCOCC2)cc1. The van der Waals surface area contributed by atoms with Gasteiger partial charge >= 0.3 is 0 Å². The van der Waals surface area contributed by atoms with E-state index in [1.54, 1.807) is 6.07 Å². The molecular formula is C24H32N4O3. The molecule has 2 aromatic rings. The second-order valence-corrected chi connectivity index (χ2v) is 8.18. The van der Waals surface area contributed by atoms with Crippen LogP contribution < -0.4 is 20.9 Å². The Bertz CT molecular complexity index is 890. The highest BCUT2D eigenvalue weighted by Gasteiger charge is 2.12. The van der Waals surface area contributed by atoms with Gasteiger partial charge in [0.15, 0.2) is 0 Å². The van der Waals surface area contributed by atoms with Crippen LogP contribution >= 0.6 is 0 Å². The summed E-state index contributed by atoms with van der Waals surface area (Å²) in [5.41, 5.74) is 4.26. The number of carbonyl (C=O) groups excluding carboxylic acids is 2. The highest BCUT2D eigenvalue weighted by Crippen LogP contribution is 2.19. The van der Waals surface area contributed by atoms with E-state index in [0.29, 0.717) is 18.0 Å². The van der Waals surface area contributed by atoms with Crippen LogP contribution in [0.25, 0.3) is 0 Å². The van der Waals surface area contributed by atoms with E-state index in [-0.39, 0.29) is 18.4 Å². The minimum absolute atomic E-state index is 0.0818. The molecule has 7 nitrogen and oxygen atoms in total. The normalized spacial score (nSPS) is 13.7. The lowest BCUT2D eigenvalue weighted by molar-refractivity contribution is -0.114. The van der Waals surface area contributed by atoms with Crippen LogP contribution in [0.2, 0.25) is 0 Å². The molecule has 2 amide bonds. The van der Waals surface area contributed by atoms with Crippen molar-refractivity contribution in [3.63, 3.8) is 0 Å². The van der Waals surface area contributed by atoms with Crippen molar-refractivity contribution in [2.75, 3.05) is 54.9 Å². The van der Waals surface area contributed by atoms with E-state index in [4.69, 9.17) is 4.74 Å². The van der Waals surface area contributed by atoms with Crippen molar-refractivity contribution < 1.29 is 14.3 Å². The molecule has 7 heteroatoms. The van der Waals surface area contributed by atoms with E-state index in [9.17, 15) is 9.59 Å². The first-order valence-corrected chi connectivity index (χ1v) is 10.8. The van der Waals surface area contributed by atoms with E-state index < -0.39 is 0 Å². The Morgan fingerprint density at radius 3 is 2.42 bits per heavy atom. The monoisotopic (exact) mass is 424 g/mol. The molecule has 0 aliphatic carbocycles. The zero-order valence-electron chi connectivity index (χ0n) is 18.5. The molecule has 31 heavy (non-hydrogen) atoms. The first-order chi connectivity index (χ1) is 14.9. The first-order valence-electron chi connectivity index (χ1n) is 10.8. The average Bonchev–Trinajstić information content (AvgIpc) is 2.77. The van der Waals surface area contributed by atoms with Gasteiger partial charge in [-0.3, -0.25) is 9.59 Å². The minimum Gasteiger partial charge on any atom is -0.378 e. The van der Waals surface area contributed by atoms with Crippen molar-refractivity contribution in [2.24, 2.45) is 5.92 Å². The first kappa shape index (κ1) is 22.6. The summed E-state index contributed by atoms with van der Waals surface area (Å²) in [6.07, 6.45) is 0. The summed E-state index contributed by atoms with van der Waals surface area (Å²) in [6, 6.07) is 13.3. The molecule has 0 radical (unpaired) electrons. The van der Waals surface area contributed by atoms with Gasteiger partial charge in [0.1, 0.15) is 0 Å². The van der Waals surface area contributed by atoms with Crippen molar-refractivity contribution in [2.45, 2.75) is 20.8 Å². The molecule has 1 aliphatic rings. The van der Waals surface area contributed by atoms with Gasteiger partial charge in [-0.2, -0.15) is 0 Å². The zero-order chi connectivity index (χ0) is 22.2. The third-order valence-electron chi connectivity index (χ3n) is 5.13. The molecule has 3 rings (SSSR count). The second-order valence-electron chi connectivity index (χ2n) is 8.18. The Hall–Kier alpha value is -3.06. The van der Waals surface area contributed by atoms with Gasteiger partial charge in [-0.15, -0.1) is 0 Å². The van der Waals surface area contributed by atoms with Crippen LogP contribution in [0, 0.1) is 12.8 Å². The summed E-state index contributed by atoms with van der Waals surface area (Å²) >= 11 is 0.